The van der Waals surface area contributed by atoms with E-state index in [9.17, 15) is 9.59 Å². The Balaban J connectivity index is 1.19. The van der Waals surface area contributed by atoms with E-state index >= 15 is 0 Å². The number of hydrogen-bond donors (Lipinski definition) is 2. The largest absolute Gasteiger partial charge is 0.478 e. The van der Waals surface area contributed by atoms with E-state index in [-0.39, 0.29) is 17.5 Å². The molecule has 2 bridgehead atoms. The highest BCUT2D eigenvalue weighted by Gasteiger charge is 2.43. The summed E-state index contributed by atoms with van der Waals surface area (Å²) in [7, 11) is 0. The molecule has 2 aromatic carbocycles. The van der Waals surface area contributed by atoms with E-state index in [1.165, 1.54) is 12.1 Å². The summed E-state index contributed by atoms with van der Waals surface area (Å²) in [5, 5.41) is 17.8. The van der Waals surface area contributed by atoms with Gasteiger partial charge in [-0.25, -0.2) is 4.79 Å². The zero-order valence-electron chi connectivity index (χ0n) is 20.1. The number of fused-ring (bicyclic) bond motifs is 2. The molecule has 0 spiro atoms. The zero-order chi connectivity index (χ0) is 25.7. The lowest BCUT2D eigenvalue weighted by atomic mass is 9.95. The molecule has 3 aliphatic rings. The van der Waals surface area contributed by atoms with Gasteiger partial charge in [0.15, 0.2) is 0 Å². The van der Waals surface area contributed by atoms with Crippen LogP contribution >= 0.6 is 23.2 Å². The molecule has 1 saturated carbocycles. The van der Waals surface area contributed by atoms with Crippen molar-refractivity contribution in [2.45, 2.75) is 69.1 Å². The van der Waals surface area contributed by atoms with Crippen LogP contribution in [0.1, 0.15) is 76.5 Å². The minimum absolute atomic E-state index is 0.0725. The van der Waals surface area contributed by atoms with Crippen LogP contribution in [0.25, 0.3) is 11.3 Å². The number of halogens is 2. The van der Waals surface area contributed by atoms with E-state index in [4.69, 9.17) is 32.8 Å². The molecule has 2 aliphatic heterocycles. The quantitative estimate of drug-likeness (QED) is 0.373. The van der Waals surface area contributed by atoms with Crippen LogP contribution in [0.5, 0.6) is 0 Å². The molecule has 7 nitrogen and oxygen atoms in total. The Kier molecular flexibility index (Phi) is 6.47. The van der Waals surface area contributed by atoms with Crippen molar-refractivity contribution in [2.75, 3.05) is 0 Å². The topological polar surface area (TPSA) is 95.7 Å². The molecule has 2 saturated heterocycles. The molecule has 2 atom stereocenters. The number of carboxylic acid groups (broad SMARTS) is 1. The van der Waals surface area contributed by atoms with Gasteiger partial charge in [-0.2, -0.15) is 0 Å². The summed E-state index contributed by atoms with van der Waals surface area (Å²) in [6.45, 7) is 0.721. The average Bonchev–Trinajstić information content (AvgIpc) is 3.60. The van der Waals surface area contributed by atoms with Gasteiger partial charge in [0.05, 0.1) is 15.6 Å². The number of carbonyl (C=O) groups is 2. The lowest BCUT2D eigenvalue weighted by Gasteiger charge is -2.39. The number of piperidine rings is 1. The average molecular weight is 540 g/mol. The van der Waals surface area contributed by atoms with Crippen LogP contribution in [0, 0.1) is 0 Å². The molecule has 2 N–H and O–H groups in total. The lowest BCUT2D eigenvalue weighted by Crippen LogP contribution is -2.50. The Morgan fingerprint density at radius 2 is 1.59 bits per heavy atom. The molecular formula is C28H27Cl2N3O4. The number of carboxylic acids is 1. The Morgan fingerprint density at radius 1 is 0.973 bits per heavy atom. The molecule has 1 aliphatic carbocycles. The number of aromatic nitrogens is 1. The number of rotatable bonds is 7. The Morgan fingerprint density at radius 3 is 2.19 bits per heavy atom. The Labute approximate surface area is 224 Å². The van der Waals surface area contributed by atoms with Crippen molar-refractivity contribution in [3.05, 3.63) is 75.0 Å². The van der Waals surface area contributed by atoms with E-state index < -0.39 is 5.97 Å². The molecule has 0 radical (unpaired) electrons. The van der Waals surface area contributed by atoms with Gasteiger partial charge in [-0.05, 0) is 74.9 Å². The van der Waals surface area contributed by atoms with Crippen LogP contribution in [-0.2, 0) is 6.54 Å². The van der Waals surface area contributed by atoms with Gasteiger partial charge < -0.3 is 14.9 Å². The van der Waals surface area contributed by atoms with Crippen LogP contribution in [0.4, 0.5) is 0 Å². The molecule has 1 amide bonds. The van der Waals surface area contributed by atoms with E-state index in [1.807, 2.05) is 18.2 Å². The number of benzene rings is 2. The van der Waals surface area contributed by atoms with Crippen LogP contribution < -0.4 is 5.32 Å². The van der Waals surface area contributed by atoms with Crippen molar-refractivity contribution >= 4 is 35.1 Å². The van der Waals surface area contributed by atoms with Gasteiger partial charge in [0, 0.05) is 47.3 Å². The van der Waals surface area contributed by atoms with Gasteiger partial charge in [-0.15, -0.1) is 0 Å². The maximum Gasteiger partial charge on any atom is 0.335 e. The fourth-order valence-electron chi connectivity index (χ4n) is 5.93. The summed E-state index contributed by atoms with van der Waals surface area (Å²) >= 11 is 13.1. The third kappa shape index (κ3) is 4.76. The van der Waals surface area contributed by atoms with E-state index in [2.05, 4.69) is 15.4 Å². The predicted molar refractivity (Wildman–Crippen MR) is 140 cm³/mol. The summed E-state index contributed by atoms with van der Waals surface area (Å²) in [5.41, 5.74) is 3.17. The fourth-order valence-corrected chi connectivity index (χ4v) is 6.50. The van der Waals surface area contributed by atoms with Crippen LogP contribution in [-0.4, -0.2) is 45.2 Å². The fraction of sp³-hybridized carbons (Fsp3) is 0.393. The molecule has 9 heteroatoms. The number of nitrogens with zero attached hydrogens (tertiary/aromatic N) is 2. The molecule has 2 unspecified atom stereocenters. The number of amides is 1. The normalized spacial score (nSPS) is 23.2. The first-order valence-electron chi connectivity index (χ1n) is 12.7. The first kappa shape index (κ1) is 24.5. The summed E-state index contributed by atoms with van der Waals surface area (Å²) in [5.74, 6) is 0.180. The number of carbonyl (C=O) groups excluding carboxylic acids is 1. The second kappa shape index (κ2) is 9.78. The minimum Gasteiger partial charge on any atom is -0.478 e. The highest BCUT2D eigenvalue weighted by atomic mass is 35.5. The molecular weight excluding hydrogens is 513 g/mol. The van der Waals surface area contributed by atoms with Gasteiger partial charge in [-0.3, -0.25) is 9.69 Å². The van der Waals surface area contributed by atoms with Crippen LogP contribution in [0.2, 0.25) is 10.0 Å². The van der Waals surface area contributed by atoms with Crippen molar-refractivity contribution in [1.29, 1.82) is 0 Å². The van der Waals surface area contributed by atoms with Gasteiger partial charge in [0.2, 0.25) is 0 Å². The first-order valence-corrected chi connectivity index (χ1v) is 13.5. The molecule has 6 rings (SSSR count). The van der Waals surface area contributed by atoms with Crippen molar-refractivity contribution < 1.29 is 19.2 Å². The monoisotopic (exact) mass is 539 g/mol. The van der Waals surface area contributed by atoms with Gasteiger partial charge in [-0.1, -0.05) is 34.4 Å². The summed E-state index contributed by atoms with van der Waals surface area (Å²) in [4.78, 5) is 26.5. The van der Waals surface area contributed by atoms with E-state index in [0.29, 0.717) is 33.6 Å². The van der Waals surface area contributed by atoms with Crippen LogP contribution in [0.15, 0.2) is 47.0 Å². The van der Waals surface area contributed by atoms with E-state index in [0.717, 1.165) is 67.7 Å². The maximum absolute atomic E-state index is 12.8. The molecule has 37 heavy (non-hydrogen) atoms. The summed E-state index contributed by atoms with van der Waals surface area (Å²) in [6.07, 6.45) is 6.09. The van der Waals surface area contributed by atoms with Crippen LogP contribution in [0.3, 0.4) is 0 Å². The van der Waals surface area contributed by atoms with Gasteiger partial charge >= 0.3 is 5.97 Å². The smallest absolute Gasteiger partial charge is 0.335 e. The Bertz CT molecular complexity index is 1320. The molecule has 192 valence electrons. The predicted octanol–water partition coefficient (Wildman–Crippen LogP) is 6.15. The highest BCUT2D eigenvalue weighted by molar-refractivity contribution is 6.39. The maximum atomic E-state index is 12.8. The second-order valence-electron chi connectivity index (χ2n) is 10.3. The summed E-state index contributed by atoms with van der Waals surface area (Å²) < 4.78 is 5.87. The summed E-state index contributed by atoms with van der Waals surface area (Å²) in [6, 6.07) is 12.3. The zero-order valence-corrected chi connectivity index (χ0v) is 21.6. The standard InChI is InChI=1S/C28H27Cl2N3O4/c29-22-2-1-3-23(30)24(22)25-21(26(37-32-25)15-4-5-15)14-33-19-10-11-20(33)13-18(12-19)31-27(34)16-6-8-17(9-7-16)28(35)36/h1-3,6-9,15,18-20H,4-5,10-14H2,(H,31,34)(H,35,36). The van der Waals surface area contributed by atoms with Crippen molar-refractivity contribution in [3.63, 3.8) is 0 Å². The molecule has 3 heterocycles. The van der Waals surface area contributed by atoms with Crippen molar-refractivity contribution in [3.8, 4) is 11.3 Å². The molecule has 3 aromatic rings. The number of hydrogen-bond acceptors (Lipinski definition) is 5. The highest BCUT2D eigenvalue weighted by Crippen LogP contribution is 2.47. The third-order valence-electron chi connectivity index (χ3n) is 7.92. The molecule has 1 aromatic heterocycles. The lowest BCUT2D eigenvalue weighted by molar-refractivity contribution is 0.0695. The number of nitrogens with one attached hydrogen (secondary N) is 1. The number of aromatic carboxylic acids is 1. The molecule has 3 fully saturated rings. The Hall–Kier alpha value is -2.87. The van der Waals surface area contributed by atoms with Crippen molar-refractivity contribution in [2.24, 2.45) is 0 Å². The third-order valence-corrected chi connectivity index (χ3v) is 8.55. The van der Waals surface area contributed by atoms with Gasteiger partial charge in [0.1, 0.15) is 11.5 Å². The van der Waals surface area contributed by atoms with E-state index in [1.54, 1.807) is 12.1 Å². The van der Waals surface area contributed by atoms with Crippen molar-refractivity contribution in [1.82, 2.24) is 15.4 Å². The van der Waals surface area contributed by atoms with Gasteiger partial charge in [0.25, 0.3) is 5.91 Å². The second-order valence-corrected chi connectivity index (χ2v) is 11.1. The SMILES string of the molecule is O=C(O)c1ccc(C(=O)NC2CC3CCC(C2)N3Cc2c(-c3c(Cl)cccc3Cl)noc2C2CC2)cc1. The minimum atomic E-state index is -1.01. The first-order chi connectivity index (χ1) is 17.9.